The summed E-state index contributed by atoms with van der Waals surface area (Å²) in [5.74, 6) is 1.16. The van der Waals surface area contributed by atoms with Gasteiger partial charge in [0.05, 0.1) is 7.11 Å². The van der Waals surface area contributed by atoms with Crippen LogP contribution in [0.1, 0.15) is 50.6 Å². The number of nitrogens with zero attached hydrogens (tertiary/aromatic N) is 1. The van der Waals surface area contributed by atoms with E-state index >= 15 is 0 Å². The largest absolute Gasteiger partial charge is 0.497 e. The van der Waals surface area contributed by atoms with E-state index in [1.165, 1.54) is 25.7 Å². The first-order chi connectivity index (χ1) is 11.0. The molecule has 0 saturated carbocycles. The van der Waals surface area contributed by atoms with Crippen LogP contribution in [0.5, 0.6) is 5.75 Å². The second-order valence-corrected chi connectivity index (χ2v) is 6.34. The van der Waals surface area contributed by atoms with E-state index in [0.29, 0.717) is 30.3 Å². The van der Waals surface area contributed by atoms with Gasteiger partial charge in [-0.1, -0.05) is 38.3 Å². The van der Waals surface area contributed by atoms with Gasteiger partial charge in [0.1, 0.15) is 11.8 Å². The molecule has 0 aliphatic carbocycles. The average molecular weight is 329 g/mol. The monoisotopic (exact) mass is 329 g/mol. The summed E-state index contributed by atoms with van der Waals surface area (Å²) >= 11 is 0. The number of benzene rings is 1. The zero-order chi connectivity index (χ0) is 16.9. The average Bonchev–Trinajstić information content (AvgIpc) is 2.54. The second kappa shape index (κ2) is 8.04. The van der Waals surface area contributed by atoms with Crippen LogP contribution in [0, 0.1) is 5.92 Å². The number of alkyl halides is 3. The Morgan fingerprint density at radius 2 is 1.78 bits per heavy atom. The first kappa shape index (κ1) is 18.1. The molecule has 0 N–H and O–H groups in total. The van der Waals surface area contributed by atoms with Crippen LogP contribution in [0.3, 0.4) is 0 Å². The first-order valence-electron chi connectivity index (χ1n) is 8.40. The lowest BCUT2D eigenvalue weighted by atomic mass is 9.90. The molecule has 1 saturated heterocycles. The van der Waals surface area contributed by atoms with E-state index in [4.69, 9.17) is 4.74 Å². The number of ether oxygens (including phenoxy) is 1. The molecule has 130 valence electrons. The van der Waals surface area contributed by atoms with Crippen LogP contribution in [0.25, 0.3) is 0 Å². The van der Waals surface area contributed by atoms with Gasteiger partial charge in [0.15, 0.2) is 0 Å². The standard InChI is InChI=1S/C18H26F3NO/c1-3-4-5-14-10-12-22(13-11-14)17(18(19,20)21)15-6-8-16(23-2)9-7-15/h6-9,14,17H,3-5,10-13H2,1-2H3. The fourth-order valence-corrected chi connectivity index (χ4v) is 3.39. The second-order valence-electron chi connectivity index (χ2n) is 6.34. The number of hydrogen-bond acceptors (Lipinski definition) is 2. The molecule has 0 aromatic heterocycles. The van der Waals surface area contributed by atoms with E-state index in [9.17, 15) is 13.2 Å². The smallest absolute Gasteiger partial charge is 0.408 e. The van der Waals surface area contributed by atoms with Crippen LogP contribution in [0.15, 0.2) is 24.3 Å². The van der Waals surface area contributed by atoms with E-state index in [-0.39, 0.29) is 0 Å². The van der Waals surface area contributed by atoms with Gasteiger partial charge in [-0.3, -0.25) is 4.90 Å². The Hall–Kier alpha value is -1.23. The van der Waals surface area contributed by atoms with Crippen molar-refractivity contribution in [2.24, 2.45) is 5.92 Å². The predicted molar refractivity (Wildman–Crippen MR) is 85.6 cm³/mol. The molecule has 2 rings (SSSR count). The van der Waals surface area contributed by atoms with Gasteiger partial charge < -0.3 is 4.74 Å². The Morgan fingerprint density at radius 1 is 1.17 bits per heavy atom. The zero-order valence-electron chi connectivity index (χ0n) is 13.9. The van der Waals surface area contributed by atoms with Gasteiger partial charge in [0, 0.05) is 0 Å². The van der Waals surface area contributed by atoms with Crippen molar-refractivity contribution in [3.05, 3.63) is 29.8 Å². The van der Waals surface area contributed by atoms with Crippen molar-refractivity contribution in [3.8, 4) is 5.75 Å². The Balaban J connectivity index is 2.08. The summed E-state index contributed by atoms with van der Waals surface area (Å²) in [6.45, 7) is 3.19. The van der Waals surface area contributed by atoms with Crippen molar-refractivity contribution in [1.29, 1.82) is 0 Å². The van der Waals surface area contributed by atoms with Gasteiger partial charge in [-0.25, -0.2) is 0 Å². The molecular weight excluding hydrogens is 303 g/mol. The lowest BCUT2D eigenvalue weighted by molar-refractivity contribution is -0.190. The summed E-state index contributed by atoms with van der Waals surface area (Å²) in [5.41, 5.74) is 0.297. The van der Waals surface area contributed by atoms with Crippen molar-refractivity contribution in [1.82, 2.24) is 4.90 Å². The summed E-state index contributed by atoms with van der Waals surface area (Å²) in [4.78, 5) is 1.59. The van der Waals surface area contributed by atoms with Crippen LogP contribution in [0.4, 0.5) is 13.2 Å². The molecule has 0 radical (unpaired) electrons. The van der Waals surface area contributed by atoms with Gasteiger partial charge in [0.25, 0.3) is 0 Å². The molecule has 1 aliphatic rings. The van der Waals surface area contributed by atoms with Gasteiger partial charge in [-0.05, 0) is 49.5 Å². The number of piperidine rings is 1. The van der Waals surface area contributed by atoms with Crippen molar-refractivity contribution in [2.75, 3.05) is 20.2 Å². The molecule has 1 aromatic rings. The number of methoxy groups -OCH3 is 1. The lowest BCUT2D eigenvalue weighted by Crippen LogP contribution is -2.43. The number of likely N-dealkylation sites (tertiary alicyclic amines) is 1. The summed E-state index contributed by atoms with van der Waals surface area (Å²) in [5, 5.41) is 0. The molecule has 1 aromatic carbocycles. The molecule has 2 nitrogen and oxygen atoms in total. The summed E-state index contributed by atoms with van der Waals surface area (Å²) < 4.78 is 45.8. The van der Waals surface area contributed by atoms with Crippen LogP contribution in [-0.2, 0) is 0 Å². The van der Waals surface area contributed by atoms with Crippen LogP contribution in [0.2, 0.25) is 0 Å². The minimum atomic E-state index is -4.26. The highest BCUT2D eigenvalue weighted by molar-refractivity contribution is 5.30. The summed E-state index contributed by atoms with van der Waals surface area (Å²) in [7, 11) is 1.51. The molecular formula is C18H26F3NO. The maximum atomic E-state index is 13.6. The van der Waals surface area contributed by atoms with Gasteiger partial charge in [-0.15, -0.1) is 0 Å². The Kier molecular flexibility index (Phi) is 6.33. The fraction of sp³-hybridized carbons (Fsp3) is 0.667. The van der Waals surface area contributed by atoms with E-state index in [1.54, 1.807) is 17.0 Å². The number of hydrogen-bond donors (Lipinski definition) is 0. The molecule has 5 heteroatoms. The molecule has 1 aliphatic heterocycles. The summed E-state index contributed by atoms with van der Waals surface area (Å²) in [6, 6.07) is 4.74. The van der Waals surface area contributed by atoms with Gasteiger partial charge in [0.2, 0.25) is 0 Å². The third-order valence-corrected chi connectivity index (χ3v) is 4.72. The van der Waals surface area contributed by atoms with Crippen molar-refractivity contribution in [3.63, 3.8) is 0 Å². The normalized spacial score (nSPS) is 18.8. The van der Waals surface area contributed by atoms with E-state index in [1.807, 2.05) is 0 Å². The molecule has 0 bridgehead atoms. The minimum absolute atomic E-state index is 0.297. The molecule has 0 spiro atoms. The predicted octanol–water partition coefficient (Wildman–Crippen LogP) is 5.20. The Bertz CT molecular complexity index is 464. The van der Waals surface area contributed by atoms with Gasteiger partial charge >= 0.3 is 6.18 Å². The molecule has 1 unspecified atom stereocenters. The highest BCUT2D eigenvalue weighted by Crippen LogP contribution is 2.40. The maximum absolute atomic E-state index is 13.6. The number of rotatable bonds is 6. The Labute approximate surface area is 136 Å². The fourth-order valence-electron chi connectivity index (χ4n) is 3.39. The van der Waals surface area contributed by atoms with E-state index in [2.05, 4.69) is 6.92 Å². The topological polar surface area (TPSA) is 12.5 Å². The van der Waals surface area contributed by atoms with Crippen molar-refractivity contribution < 1.29 is 17.9 Å². The highest BCUT2D eigenvalue weighted by atomic mass is 19.4. The molecule has 1 fully saturated rings. The third-order valence-electron chi connectivity index (χ3n) is 4.72. The van der Waals surface area contributed by atoms with Crippen molar-refractivity contribution in [2.45, 2.75) is 51.2 Å². The van der Waals surface area contributed by atoms with E-state index in [0.717, 1.165) is 25.7 Å². The maximum Gasteiger partial charge on any atom is 0.408 e. The first-order valence-corrected chi connectivity index (χ1v) is 8.40. The zero-order valence-corrected chi connectivity index (χ0v) is 13.9. The van der Waals surface area contributed by atoms with Gasteiger partial charge in [-0.2, -0.15) is 13.2 Å². The Morgan fingerprint density at radius 3 is 2.26 bits per heavy atom. The number of unbranched alkanes of at least 4 members (excludes halogenated alkanes) is 1. The molecule has 1 atom stereocenters. The molecule has 1 heterocycles. The SMILES string of the molecule is CCCCC1CCN(C(c2ccc(OC)cc2)C(F)(F)F)CC1. The third kappa shape index (κ3) is 4.87. The quantitative estimate of drug-likeness (QED) is 0.711. The van der Waals surface area contributed by atoms with Crippen LogP contribution >= 0.6 is 0 Å². The summed E-state index contributed by atoms with van der Waals surface area (Å²) in [6.07, 6.45) is 0.933. The van der Waals surface area contributed by atoms with Crippen LogP contribution < -0.4 is 4.74 Å². The van der Waals surface area contributed by atoms with Crippen molar-refractivity contribution >= 4 is 0 Å². The number of halogens is 3. The van der Waals surface area contributed by atoms with E-state index < -0.39 is 12.2 Å². The molecule has 0 amide bonds. The lowest BCUT2D eigenvalue weighted by Gasteiger charge is -2.38. The highest BCUT2D eigenvalue weighted by Gasteiger charge is 2.45. The molecule has 23 heavy (non-hydrogen) atoms. The minimum Gasteiger partial charge on any atom is -0.497 e. The van der Waals surface area contributed by atoms with Crippen LogP contribution in [-0.4, -0.2) is 31.3 Å².